The molecule has 0 saturated heterocycles. The van der Waals surface area contributed by atoms with E-state index in [1.807, 2.05) is 6.92 Å². The average Bonchev–Trinajstić information content (AvgIpc) is 3.20. The molecule has 1 aliphatic carbocycles. The maximum absolute atomic E-state index is 13.1. The predicted molar refractivity (Wildman–Crippen MR) is 77.1 cm³/mol. The van der Waals surface area contributed by atoms with Crippen LogP contribution < -0.4 is 11.3 Å². The van der Waals surface area contributed by atoms with Gasteiger partial charge < -0.3 is 4.74 Å². The highest BCUT2D eigenvalue weighted by atomic mass is 79.9. The van der Waals surface area contributed by atoms with Gasteiger partial charge >= 0.3 is 0 Å². The lowest BCUT2D eigenvalue weighted by Crippen LogP contribution is -2.47. The van der Waals surface area contributed by atoms with Crippen LogP contribution in [0.15, 0.2) is 22.7 Å². The van der Waals surface area contributed by atoms with Crippen LogP contribution in [0.4, 0.5) is 4.39 Å². The van der Waals surface area contributed by atoms with Gasteiger partial charge in [-0.2, -0.15) is 0 Å². The molecule has 5 heteroatoms. The fourth-order valence-electron chi connectivity index (χ4n) is 2.39. The minimum Gasteiger partial charge on any atom is -0.377 e. The molecule has 1 aromatic rings. The van der Waals surface area contributed by atoms with Crippen LogP contribution in [0.5, 0.6) is 0 Å². The van der Waals surface area contributed by atoms with Crippen molar-refractivity contribution in [3.8, 4) is 0 Å². The molecule has 3 nitrogen and oxygen atoms in total. The van der Waals surface area contributed by atoms with Gasteiger partial charge in [-0.1, -0.05) is 22.0 Å². The molecule has 0 heterocycles. The Bertz CT molecular complexity index is 426. The third kappa shape index (κ3) is 3.99. The first-order valence-corrected chi connectivity index (χ1v) is 7.46. The van der Waals surface area contributed by atoms with Crippen LogP contribution in [0.3, 0.4) is 0 Å². The van der Waals surface area contributed by atoms with Gasteiger partial charge in [0, 0.05) is 11.1 Å². The molecule has 1 aromatic carbocycles. The summed E-state index contributed by atoms with van der Waals surface area (Å²) >= 11 is 3.40. The number of nitrogens with one attached hydrogen (secondary N) is 1. The zero-order chi connectivity index (χ0) is 13.8. The second-order valence-corrected chi connectivity index (χ2v) is 5.82. The molecule has 2 unspecified atom stereocenters. The minimum atomic E-state index is -0.239. The highest BCUT2D eigenvalue weighted by molar-refractivity contribution is 9.10. The van der Waals surface area contributed by atoms with Crippen molar-refractivity contribution >= 4 is 15.9 Å². The zero-order valence-corrected chi connectivity index (χ0v) is 12.6. The number of halogens is 2. The van der Waals surface area contributed by atoms with Gasteiger partial charge in [-0.05, 0) is 49.8 Å². The molecular formula is C14H20BrFN2O. The van der Waals surface area contributed by atoms with E-state index >= 15 is 0 Å². The Morgan fingerprint density at radius 3 is 2.79 bits per heavy atom. The van der Waals surface area contributed by atoms with Crippen molar-refractivity contribution in [2.24, 2.45) is 11.8 Å². The summed E-state index contributed by atoms with van der Waals surface area (Å²) in [6.07, 6.45) is 3.26. The summed E-state index contributed by atoms with van der Waals surface area (Å²) in [6.45, 7) is 2.68. The summed E-state index contributed by atoms with van der Waals surface area (Å²) in [5, 5.41) is 0. The van der Waals surface area contributed by atoms with E-state index in [0.29, 0.717) is 12.5 Å². The highest BCUT2D eigenvalue weighted by Gasteiger charge is 2.37. The molecule has 1 saturated carbocycles. The van der Waals surface area contributed by atoms with Crippen LogP contribution in [-0.4, -0.2) is 18.8 Å². The lowest BCUT2D eigenvalue weighted by atomic mass is 9.98. The summed E-state index contributed by atoms with van der Waals surface area (Å²) in [6, 6.07) is 4.80. The van der Waals surface area contributed by atoms with Crippen LogP contribution in [0.1, 0.15) is 25.3 Å². The molecule has 0 aromatic heterocycles. The summed E-state index contributed by atoms with van der Waals surface area (Å²) in [7, 11) is 0. The summed E-state index contributed by atoms with van der Waals surface area (Å²) in [5.74, 6) is 6.04. The van der Waals surface area contributed by atoms with Crippen LogP contribution in [0, 0.1) is 11.7 Å². The van der Waals surface area contributed by atoms with E-state index in [0.717, 1.165) is 16.5 Å². The minimum absolute atomic E-state index is 0.0502. The lowest BCUT2D eigenvalue weighted by Gasteiger charge is -2.27. The molecule has 0 radical (unpaired) electrons. The molecule has 0 spiro atoms. The summed E-state index contributed by atoms with van der Waals surface area (Å²) in [5.41, 5.74) is 3.90. The first-order valence-electron chi connectivity index (χ1n) is 6.67. The molecule has 1 aliphatic rings. The van der Waals surface area contributed by atoms with Crippen molar-refractivity contribution in [2.45, 2.75) is 38.3 Å². The van der Waals surface area contributed by atoms with E-state index in [4.69, 9.17) is 10.6 Å². The molecule has 2 atom stereocenters. The monoisotopic (exact) mass is 330 g/mol. The third-order valence-electron chi connectivity index (χ3n) is 3.51. The number of nitrogens with two attached hydrogens (primary N) is 1. The van der Waals surface area contributed by atoms with E-state index in [9.17, 15) is 4.39 Å². The molecule has 19 heavy (non-hydrogen) atoms. The first-order chi connectivity index (χ1) is 9.15. The lowest BCUT2D eigenvalue weighted by molar-refractivity contribution is 0.0191. The second-order valence-electron chi connectivity index (χ2n) is 4.97. The Hall–Kier alpha value is -0.490. The smallest absolute Gasteiger partial charge is 0.124 e. The normalized spacial score (nSPS) is 18.3. The maximum atomic E-state index is 13.1. The first kappa shape index (κ1) is 14.9. The topological polar surface area (TPSA) is 47.3 Å². The quantitative estimate of drug-likeness (QED) is 0.597. The number of ether oxygens (including phenoxy) is 1. The van der Waals surface area contributed by atoms with E-state index in [1.165, 1.54) is 25.0 Å². The van der Waals surface area contributed by atoms with Gasteiger partial charge in [0.1, 0.15) is 5.82 Å². The molecule has 2 rings (SSSR count). The Kier molecular flexibility index (Phi) is 5.33. The van der Waals surface area contributed by atoms with Gasteiger partial charge in [-0.25, -0.2) is 4.39 Å². The van der Waals surface area contributed by atoms with Crippen molar-refractivity contribution in [3.63, 3.8) is 0 Å². The molecule has 0 bridgehead atoms. The molecule has 0 amide bonds. The molecule has 0 aliphatic heterocycles. The van der Waals surface area contributed by atoms with E-state index in [1.54, 1.807) is 6.07 Å². The zero-order valence-electron chi connectivity index (χ0n) is 11.0. The average molecular weight is 331 g/mol. The fraction of sp³-hybridized carbons (Fsp3) is 0.571. The van der Waals surface area contributed by atoms with Gasteiger partial charge in [0.2, 0.25) is 0 Å². The van der Waals surface area contributed by atoms with E-state index in [2.05, 4.69) is 21.4 Å². The van der Waals surface area contributed by atoms with Crippen LogP contribution in [0.2, 0.25) is 0 Å². The van der Waals surface area contributed by atoms with E-state index in [-0.39, 0.29) is 18.0 Å². The number of hydrogen-bond donors (Lipinski definition) is 2. The van der Waals surface area contributed by atoms with Gasteiger partial charge in [-0.15, -0.1) is 0 Å². The van der Waals surface area contributed by atoms with E-state index < -0.39 is 0 Å². The number of hydrazine groups is 1. The molecule has 106 valence electrons. The molecular weight excluding hydrogens is 311 g/mol. The second kappa shape index (κ2) is 6.79. The summed E-state index contributed by atoms with van der Waals surface area (Å²) in [4.78, 5) is 0. The van der Waals surface area contributed by atoms with Crippen LogP contribution in [-0.2, 0) is 11.2 Å². The molecule has 1 fully saturated rings. The molecule has 3 N–H and O–H groups in total. The van der Waals surface area contributed by atoms with Crippen LogP contribution >= 0.6 is 15.9 Å². The fourth-order valence-corrected chi connectivity index (χ4v) is 2.90. The van der Waals surface area contributed by atoms with Crippen molar-refractivity contribution in [3.05, 3.63) is 34.1 Å². The highest BCUT2D eigenvalue weighted by Crippen LogP contribution is 2.36. The SMILES string of the molecule is CCOC(C1CC1)C(Cc1ccc(F)cc1Br)NN. The Morgan fingerprint density at radius 2 is 2.26 bits per heavy atom. The van der Waals surface area contributed by atoms with Gasteiger partial charge in [-0.3, -0.25) is 11.3 Å². The van der Waals surface area contributed by atoms with Crippen molar-refractivity contribution in [1.29, 1.82) is 0 Å². The van der Waals surface area contributed by atoms with Crippen molar-refractivity contribution < 1.29 is 9.13 Å². The van der Waals surface area contributed by atoms with Crippen molar-refractivity contribution in [2.75, 3.05) is 6.61 Å². The predicted octanol–water partition coefficient (Wildman–Crippen LogP) is 2.78. The van der Waals surface area contributed by atoms with Gasteiger partial charge in [0.15, 0.2) is 0 Å². The largest absolute Gasteiger partial charge is 0.377 e. The van der Waals surface area contributed by atoms with Gasteiger partial charge in [0.25, 0.3) is 0 Å². The Labute approximate surface area is 121 Å². The summed E-state index contributed by atoms with van der Waals surface area (Å²) < 4.78 is 19.7. The van der Waals surface area contributed by atoms with Crippen LogP contribution in [0.25, 0.3) is 0 Å². The van der Waals surface area contributed by atoms with Gasteiger partial charge in [0.05, 0.1) is 12.1 Å². The third-order valence-corrected chi connectivity index (χ3v) is 4.25. The number of rotatable bonds is 7. The Balaban J connectivity index is 2.08. The Morgan fingerprint density at radius 1 is 1.53 bits per heavy atom. The number of hydrogen-bond acceptors (Lipinski definition) is 3. The maximum Gasteiger partial charge on any atom is 0.124 e. The van der Waals surface area contributed by atoms with Crippen molar-refractivity contribution in [1.82, 2.24) is 5.43 Å². The standard InChI is InChI=1S/C14H20BrFN2O/c1-2-19-14(9-3-4-9)13(18-17)7-10-5-6-11(16)8-12(10)15/h5-6,8-9,13-14,18H,2-4,7,17H2,1H3. The number of benzene rings is 1.